The van der Waals surface area contributed by atoms with Crippen LogP contribution in [0.3, 0.4) is 0 Å². The molecule has 16 heteroatoms. The summed E-state index contributed by atoms with van der Waals surface area (Å²) in [6.45, 7) is 9.65. The quantitative estimate of drug-likeness (QED) is 0.0906. The molecule has 6 heterocycles. The van der Waals surface area contributed by atoms with E-state index in [-0.39, 0.29) is 11.1 Å². The number of aryl methyl sites for hydroxylation is 4. The zero-order valence-corrected chi connectivity index (χ0v) is 40.4. The number of alkyl halides is 6. The van der Waals surface area contributed by atoms with Gasteiger partial charge in [-0.2, -0.15) is 26.3 Å². The van der Waals surface area contributed by atoms with Gasteiger partial charge in [0.15, 0.2) is 0 Å². The van der Waals surface area contributed by atoms with E-state index < -0.39 is 34.3 Å². The predicted octanol–water partition coefficient (Wildman–Crippen LogP) is 13.9. The third kappa shape index (κ3) is 7.17. The summed E-state index contributed by atoms with van der Waals surface area (Å²) in [5, 5.41) is 0. The van der Waals surface area contributed by atoms with E-state index in [0.717, 1.165) is 61.3 Å². The fourth-order valence-electron chi connectivity index (χ4n) is 8.52. The van der Waals surface area contributed by atoms with Gasteiger partial charge in [-0.25, -0.2) is 0 Å². The molecule has 0 amide bonds. The molecule has 0 atom stereocenters. The average Bonchev–Trinajstić information content (AvgIpc) is 4.10. The first-order chi connectivity index (χ1) is 29.5. The number of ether oxygens (including phenoxy) is 4. The topological polar surface area (TPSA) is 36.9 Å². The molecule has 0 aliphatic heterocycles. The highest BCUT2D eigenvalue weighted by Crippen LogP contribution is 2.71. The Bertz CT molecular complexity index is 2480. The minimum Gasteiger partial charge on any atom is -0.384 e. The molecule has 62 heavy (non-hydrogen) atoms. The SMILES string of the molecule is COCCc1sc(-c2cc3c(s2)C(c2cc(C)c(CCOC)s2)(c2cc(C)c(CCOC)s2)c2sc(-c4cc(C)c(CCOC)s4)cc2C2=C3C(F)(F)C(F)(F)C2(F)F)cc1C. The Morgan fingerprint density at radius 2 is 0.726 bits per heavy atom. The molecule has 2 aliphatic rings. The lowest BCUT2D eigenvalue weighted by molar-refractivity contribution is -0.254. The van der Waals surface area contributed by atoms with Crippen molar-refractivity contribution in [1.82, 2.24) is 0 Å². The Kier molecular flexibility index (Phi) is 12.8. The summed E-state index contributed by atoms with van der Waals surface area (Å²) in [5.74, 6) is -16.1. The van der Waals surface area contributed by atoms with Gasteiger partial charge in [-0.15, -0.1) is 68.0 Å². The summed E-state index contributed by atoms with van der Waals surface area (Å²) in [6.07, 6.45) is 2.35. The van der Waals surface area contributed by atoms with E-state index in [0.29, 0.717) is 71.6 Å². The third-order valence-electron chi connectivity index (χ3n) is 11.8. The van der Waals surface area contributed by atoms with Crippen molar-refractivity contribution < 1.29 is 45.3 Å². The maximum atomic E-state index is 17.0. The second-order valence-electron chi connectivity index (χ2n) is 15.8. The van der Waals surface area contributed by atoms with Gasteiger partial charge in [0.2, 0.25) is 0 Å². The summed E-state index contributed by atoms with van der Waals surface area (Å²) in [4.78, 5) is 8.66. The van der Waals surface area contributed by atoms with Crippen LogP contribution < -0.4 is 0 Å². The first-order valence-corrected chi connectivity index (χ1v) is 24.9. The lowest BCUT2D eigenvalue weighted by Crippen LogP contribution is -2.49. The van der Waals surface area contributed by atoms with Crippen molar-refractivity contribution >= 4 is 79.2 Å². The molecule has 0 unspecified atom stereocenters. The maximum absolute atomic E-state index is 17.0. The lowest BCUT2D eigenvalue weighted by atomic mass is 9.77. The molecule has 2 aliphatic carbocycles. The third-order valence-corrected chi connectivity index (χ3v) is 20.1. The van der Waals surface area contributed by atoms with Crippen LogP contribution in [0, 0.1) is 27.7 Å². The van der Waals surface area contributed by atoms with Crippen LogP contribution in [0.1, 0.15) is 72.4 Å². The smallest absolute Gasteiger partial charge is 0.380 e. The molecular weight excluding hydrogens is 923 g/mol. The van der Waals surface area contributed by atoms with E-state index in [2.05, 4.69) is 0 Å². The van der Waals surface area contributed by atoms with E-state index >= 15 is 26.3 Å². The Hall–Kier alpha value is -2.64. The largest absolute Gasteiger partial charge is 0.384 e. The van der Waals surface area contributed by atoms with Crippen LogP contribution in [-0.4, -0.2) is 72.6 Å². The molecule has 332 valence electrons. The standard InChI is InChI=1S/C46H46F6O4S6/c1-23-17-33(57-29(23)9-13-53-5)35-21-27-39-40(45(49,50)46(51,52)44(39,47)48)28-22-36(34-18-24(2)30(58-34)10-14-54-6)62-42(28)43(41(27)61-35,37-19-25(3)31(59-37)11-15-55-7)38-20-26(4)32(60-38)12-16-56-8/h17-22H,9-16H2,1-8H3. The van der Waals surface area contributed by atoms with Crippen LogP contribution in [0.4, 0.5) is 26.3 Å². The number of fused-ring (bicyclic) bond motifs is 4. The van der Waals surface area contributed by atoms with Gasteiger partial charge in [0.25, 0.3) is 0 Å². The number of allylic oxidation sites excluding steroid dienone is 2. The molecule has 8 rings (SSSR count). The highest BCUT2D eigenvalue weighted by atomic mass is 32.1. The molecule has 0 N–H and O–H groups in total. The van der Waals surface area contributed by atoms with Gasteiger partial charge >= 0.3 is 17.8 Å². The van der Waals surface area contributed by atoms with Gasteiger partial charge < -0.3 is 18.9 Å². The predicted molar refractivity (Wildman–Crippen MR) is 246 cm³/mol. The van der Waals surface area contributed by atoms with Crippen molar-refractivity contribution in [2.24, 2.45) is 0 Å². The molecule has 0 spiro atoms. The zero-order valence-electron chi connectivity index (χ0n) is 35.5. The Morgan fingerprint density at radius 1 is 0.419 bits per heavy atom. The second-order valence-corrected chi connectivity index (χ2v) is 22.4. The Labute approximate surface area is 381 Å². The van der Waals surface area contributed by atoms with Crippen LogP contribution in [0.2, 0.25) is 0 Å². The van der Waals surface area contributed by atoms with E-state index in [1.807, 2.05) is 52.0 Å². The summed E-state index contributed by atoms with van der Waals surface area (Å²) in [7, 11) is 6.47. The van der Waals surface area contributed by atoms with Gasteiger partial charge in [0, 0.05) is 135 Å². The summed E-state index contributed by atoms with van der Waals surface area (Å²) < 4.78 is 122. The number of thiophene rings is 6. The molecule has 0 saturated carbocycles. The van der Waals surface area contributed by atoms with Crippen LogP contribution in [0.15, 0.2) is 36.4 Å². The van der Waals surface area contributed by atoms with Crippen molar-refractivity contribution in [2.45, 2.75) is 76.6 Å². The lowest BCUT2D eigenvalue weighted by Gasteiger charge is -2.34. The van der Waals surface area contributed by atoms with Crippen LogP contribution in [0.25, 0.3) is 30.7 Å². The molecule has 4 nitrogen and oxygen atoms in total. The van der Waals surface area contributed by atoms with E-state index in [1.165, 1.54) is 80.2 Å². The average molecular weight is 969 g/mol. The van der Waals surface area contributed by atoms with Crippen LogP contribution in [0.5, 0.6) is 0 Å². The monoisotopic (exact) mass is 968 g/mol. The van der Waals surface area contributed by atoms with Crippen molar-refractivity contribution in [3.8, 4) is 19.5 Å². The second kappa shape index (κ2) is 17.3. The number of rotatable bonds is 16. The molecule has 0 fully saturated rings. The maximum Gasteiger partial charge on any atom is 0.380 e. The van der Waals surface area contributed by atoms with Gasteiger partial charge in [-0.1, -0.05) is 0 Å². The molecule has 0 aromatic carbocycles. The van der Waals surface area contributed by atoms with Crippen LogP contribution >= 0.6 is 68.0 Å². The zero-order chi connectivity index (χ0) is 44.5. The fraction of sp³-hybridized carbons (Fsp3) is 0.435. The molecule has 6 aromatic rings. The first kappa shape index (κ1) is 45.9. The Morgan fingerprint density at radius 3 is 1.06 bits per heavy atom. The Balaban J connectivity index is 1.54. The van der Waals surface area contributed by atoms with Crippen LogP contribution in [-0.2, 0) is 50.0 Å². The summed E-state index contributed by atoms with van der Waals surface area (Å²) in [6, 6.07) is 10.9. The number of hydrogen-bond donors (Lipinski definition) is 0. The highest BCUT2D eigenvalue weighted by Gasteiger charge is 2.81. The molecule has 0 radical (unpaired) electrons. The van der Waals surface area contributed by atoms with Gasteiger partial charge in [0.1, 0.15) is 5.41 Å². The minimum atomic E-state index is -5.71. The highest BCUT2D eigenvalue weighted by molar-refractivity contribution is 7.24. The molecule has 0 saturated heterocycles. The number of methoxy groups -OCH3 is 4. The van der Waals surface area contributed by atoms with E-state index in [1.54, 1.807) is 28.4 Å². The number of halogens is 6. The van der Waals surface area contributed by atoms with E-state index in [9.17, 15) is 0 Å². The van der Waals surface area contributed by atoms with Crippen molar-refractivity contribution in [1.29, 1.82) is 0 Å². The number of hydrogen-bond acceptors (Lipinski definition) is 10. The van der Waals surface area contributed by atoms with Gasteiger partial charge in [-0.05, 0) is 86.3 Å². The van der Waals surface area contributed by atoms with Crippen molar-refractivity contribution in [3.05, 3.63) is 109 Å². The van der Waals surface area contributed by atoms with Gasteiger partial charge in [-0.3, -0.25) is 0 Å². The summed E-state index contributed by atoms with van der Waals surface area (Å²) in [5.41, 5.74) is -0.828. The van der Waals surface area contributed by atoms with Gasteiger partial charge in [0.05, 0.1) is 26.4 Å². The van der Waals surface area contributed by atoms with Crippen molar-refractivity contribution in [3.63, 3.8) is 0 Å². The molecule has 6 aromatic heterocycles. The fourth-order valence-corrected chi connectivity index (χ4v) is 16.9. The normalized spacial score (nSPS) is 17.1. The first-order valence-electron chi connectivity index (χ1n) is 20.0. The molecular formula is C46H46F6O4S6. The molecule has 0 bridgehead atoms. The summed E-state index contributed by atoms with van der Waals surface area (Å²) >= 11 is 8.37. The van der Waals surface area contributed by atoms with E-state index in [4.69, 9.17) is 18.9 Å². The van der Waals surface area contributed by atoms with Crippen molar-refractivity contribution in [2.75, 3.05) is 54.9 Å². The minimum absolute atomic E-state index is 0.279.